The predicted octanol–water partition coefficient (Wildman–Crippen LogP) is 4.55. The van der Waals surface area contributed by atoms with Crippen LogP contribution in [-0.4, -0.2) is 29.7 Å². The van der Waals surface area contributed by atoms with Crippen LogP contribution in [0.2, 0.25) is 0 Å². The second kappa shape index (κ2) is 10.00. The van der Waals surface area contributed by atoms with E-state index in [9.17, 15) is 13.2 Å². The van der Waals surface area contributed by atoms with E-state index in [0.717, 1.165) is 23.5 Å². The van der Waals surface area contributed by atoms with Gasteiger partial charge in [-0.25, -0.2) is 22.2 Å². The average Bonchev–Trinajstić information content (AvgIpc) is 3.25. The molecule has 2 heterocycles. The van der Waals surface area contributed by atoms with Gasteiger partial charge in [-0.05, 0) is 44.4 Å². The number of rotatable bonds is 6. The molecular formula is C24H26F2N4O3S2. The van der Waals surface area contributed by atoms with Crippen molar-refractivity contribution in [3.05, 3.63) is 81.9 Å². The number of nitrogen functional groups attached to an aromatic ring is 1. The van der Waals surface area contributed by atoms with Crippen molar-refractivity contribution in [1.29, 1.82) is 0 Å². The Morgan fingerprint density at radius 3 is 2.60 bits per heavy atom. The minimum absolute atomic E-state index is 0.0560. The molecule has 3 aromatic rings. The molecule has 35 heavy (non-hydrogen) atoms. The van der Waals surface area contributed by atoms with Crippen LogP contribution >= 0.6 is 11.3 Å². The molecule has 1 aromatic heterocycles. The van der Waals surface area contributed by atoms with E-state index in [1.54, 1.807) is 31.2 Å². The van der Waals surface area contributed by atoms with Crippen molar-refractivity contribution in [2.24, 2.45) is 0 Å². The van der Waals surface area contributed by atoms with Crippen molar-refractivity contribution in [2.45, 2.75) is 50.6 Å². The number of anilines is 1. The molecular weight excluding hydrogens is 494 g/mol. The molecule has 4 rings (SSSR count). The zero-order valence-electron chi connectivity index (χ0n) is 19.2. The molecule has 0 bridgehead atoms. The normalized spacial score (nSPS) is 20.9. The van der Waals surface area contributed by atoms with E-state index in [1.807, 2.05) is 6.07 Å². The first-order valence-electron chi connectivity index (χ1n) is 11.1. The van der Waals surface area contributed by atoms with Crippen LogP contribution in [0.4, 0.5) is 13.9 Å². The largest absolute Gasteiger partial charge is 0.375 e. The van der Waals surface area contributed by atoms with Gasteiger partial charge in [0.05, 0.1) is 6.04 Å². The van der Waals surface area contributed by atoms with Crippen LogP contribution in [0.5, 0.6) is 0 Å². The van der Waals surface area contributed by atoms with Crippen LogP contribution in [0.1, 0.15) is 65.2 Å². The Kier molecular flexibility index (Phi) is 7.20. The number of aromatic nitrogens is 1. The summed E-state index contributed by atoms with van der Waals surface area (Å²) in [6.07, 6.45) is 1.06. The second-order valence-electron chi connectivity index (χ2n) is 8.65. The Labute approximate surface area is 207 Å². The summed E-state index contributed by atoms with van der Waals surface area (Å²) >= 11 is 1.10. The number of amides is 1. The monoisotopic (exact) mass is 520 g/mol. The van der Waals surface area contributed by atoms with Gasteiger partial charge >= 0.3 is 0 Å². The summed E-state index contributed by atoms with van der Waals surface area (Å²) in [5.41, 5.74) is 6.18. The summed E-state index contributed by atoms with van der Waals surface area (Å²) in [6, 6.07) is 9.70. The summed E-state index contributed by atoms with van der Waals surface area (Å²) in [5, 5.41) is 3.54. The van der Waals surface area contributed by atoms with Crippen molar-refractivity contribution in [1.82, 2.24) is 14.6 Å². The van der Waals surface area contributed by atoms with Gasteiger partial charge in [0.1, 0.15) is 22.6 Å². The van der Waals surface area contributed by atoms with Crippen molar-refractivity contribution in [3.63, 3.8) is 0 Å². The van der Waals surface area contributed by atoms with E-state index in [2.05, 4.69) is 10.3 Å². The highest BCUT2D eigenvalue weighted by Gasteiger charge is 2.40. The van der Waals surface area contributed by atoms with Crippen LogP contribution in [0, 0.1) is 11.6 Å². The van der Waals surface area contributed by atoms with Gasteiger partial charge in [0, 0.05) is 29.1 Å². The molecule has 7 nitrogen and oxygen atoms in total. The Balaban J connectivity index is 1.55. The summed E-state index contributed by atoms with van der Waals surface area (Å²) < 4.78 is 58.1. The third-order valence-corrected chi connectivity index (χ3v) is 9.30. The molecule has 1 saturated heterocycles. The number of nitrogens with zero attached hydrogens (tertiary/aromatic N) is 2. The molecule has 0 radical (unpaired) electrons. The van der Waals surface area contributed by atoms with Gasteiger partial charge < -0.3 is 11.1 Å². The highest BCUT2D eigenvalue weighted by molar-refractivity contribution is 7.89. The number of nitrogens with one attached hydrogen (secondary N) is 1. The summed E-state index contributed by atoms with van der Waals surface area (Å²) in [6.45, 7) is 3.01. The number of sulfonamides is 1. The number of hydrogen-bond acceptors (Lipinski definition) is 6. The molecule has 11 heteroatoms. The minimum atomic E-state index is -3.79. The minimum Gasteiger partial charge on any atom is -0.375 e. The van der Waals surface area contributed by atoms with Gasteiger partial charge in [-0.2, -0.15) is 4.31 Å². The molecule has 1 aliphatic heterocycles. The maximum atomic E-state index is 15.1. The van der Waals surface area contributed by atoms with Crippen molar-refractivity contribution >= 4 is 32.4 Å². The molecule has 1 amide bonds. The molecule has 186 valence electrons. The Morgan fingerprint density at radius 2 is 1.94 bits per heavy atom. The molecule has 0 saturated carbocycles. The average molecular weight is 521 g/mol. The summed E-state index contributed by atoms with van der Waals surface area (Å²) in [5.74, 6) is -2.05. The van der Waals surface area contributed by atoms with Gasteiger partial charge in [0.2, 0.25) is 10.0 Å². The van der Waals surface area contributed by atoms with Gasteiger partial charge in [-0.1, -0.05) is 30.3 Å². The number of carbonyl (C=O) groups excluding carboxylic acids is 1. The Bertz CT molecular complexity index is 1330. The van der Waals surface area contributed by atoms with Crippen LogP contribution in [0.25, 0.3) is 0 Å². The third kappa shape index (κ3) is 5.21. The highest BCUT2D eigenvalue weighted by atomic mass is 32.2. The maximum Gasteiger partial charge on any atom is 0.271 e. The molecule has 0 spiro atoms. The summed E-state index contributed by atoms with van der Waals surface area (Å²) in [4.78, 5) is 16.2. The van der Waals surface area contributed by atoms with Crippen LogP contribution in [0.3, 0.4) is 0 Å². The van der Waals surface area contributed by atoms with E-state index in [-0.39, 0.29) is 34.5 Å². The Hall–Kier alpha value is -2.89. The first-order valence-corrected chi connectivity index (χ1v) is 13.5. The van der Waals surface area contributed by atoms with E-state index in [1.165, 1.54) is 16.6 Å². The lowest BCUT2D eigenvalue weighted by Crippen LogP contribution is -2.44. The zero-order valence-corrected chi connectivity index (χ0v) is 20.9. The number of hydrogen-bond donors (Lipinski definition) is 2. The molecule has 1 fully saturated rings. The highest BCUT2D eigenvalue weighted by Crippen LogP contribution is 2.38. The first kappa shape index (κ1) is 25.2. The summed E-state index contributed by atoms with van der Waals surface area (Å²) in [7, 11) is -3.79. The number of halogens is 2. The van der Waals surface area contributed by atoms with Crippen LogP contribution in [0.15, 0.2) is 47.8 Å². The van der Waals surface area contributed by atoms with Crippen molar-refractivity contribution in [3.8, 4) is 0 Å². The van der Waals surface area contributed by atoms with Gasteiger partial charge in [0.25, 0.3) is 5.91 Å². The van der Waals surface area contributed by atoms with Crippen molar-refractivity contribution in [2.75, 3.05) is 5.73 Å². The fourth-order valence-electron chi connectivity index (χ4n) is 4.32. The third-order valence-electron chi connectivity index (χ3n) is 6.26. The van der Waals surface area contributed by atoms with Gasteiger partial charge in [-0.3, -0.25) is 4.79 Å². The van der Waals surface area contributed by atoms with E-state index in [4.69, 9.17) is 5.73 Å². The quantitative estimate of drug-likeness (QED) is 0.496. The number of thiazole rings is 1. The lowest BCUT2D eigenvalue weighted by atomic mass is 10.0. The maximum absolute atomic E-state index is 15.1. The Morgan fingerprint density at radius 1 is 1.23 bits per heavy atom. The molecule has 3 N–H and O–H groups in total. The second-order valence-corrected chi connectivity index (χ2v) is 11.6. The first-order chi connectivity index (χ1) is 16.6. The molecule has 0 aliphatic carbocycles. The van der Waals surface area contributed by atoms with E-state index >= 15 is 8.78 Å². The lowest BCUT2D eigenvalue weighted by Gasteiger charge is -2.37. The standard InChI is InChI=1S/C24H26F2N4O3S2/c1-14-8-9-22(16-6-4-3-5-7-16)35(32,33)30(14)12-17-10-20(26)18(11-19(17)25)15(2)28-23(31)21-13-34-24(27)29-21/h3-7,10-11,13-15,22H,8-9,12H2,1-2H3,(H2,27,29)(H,28,31)/t14-,15?,22+/m0/s1. The van der Waals surface area contributed by atoms with Gasteiger partial charge in [-0.15, -0.1) is 11.3 Å². The van der Waals surface area contributed by atoms with Crippen molar-refractivity contribution < 1.29 is 22.0 Å². The van der Waals surface area contributed by atoms with E-state index < -0.39 is 38.9 Å². The van der Waals surface area contributed by atoms with Crippen LogP contribution in [-0.2, 0) is 16.6 Å². The topological polar surface area (TPSA) is 105 Å². The van der Waals surface area contributed by atoms with Gasteiger partial charge in [0.15, 0.2) is 5.13 Å². The lowest BCUT2D eigenvalue weighted by molar-refractivity contribution is 0.0935. The molecule has 3 atom stereocenters. The number of benzene rings is 2. The number of carbonyl (C=O) groups is 1. The van der Waals surface area contributed by atoms with E-state index in [0.29, 0.717) is 18.4 Å². The molecule has 2 aromatic carbocycles. The predicted molar refractivity (Wildman–Crippen MR) is 131 cm³/mol. The smallest absolute Gasteiger partial charge is 0.271 e. The molecule has 1 aliphatic rings. The molecule has 1 unspecified atom stereocenters. The number of nitrogens with two attached hydrogens (primary N) is 1. The van der Waals surface area contributed by atoms with Crippen LogP contribution < -0.4 is 11.1 Å². The fourth-order valence-corrected chi connectivity index (χ4v) is 7.05. The fraction of sp³-hybridized carbons (Fsp3) is 0.333. The zero-order chi connectivity index (χ0) is 25.3. The SMILES string of the molecule is CC(NC(=O)c1csc(N)n1)c1cc(F)c(CN2[C@@H](C)CC[C@H](c3ccccc3)S2(=O)=O)cc1F.